The maximum atomic E-state index is 13.6. The summed E-state index contributed by atoms with van der Waals surface area (Å²) in [6.45, 7) is 4.39. The van der Waals surface area contributed by atoms with Crippen molar-refractivity contribution in [2.45, 2.75) is 63.8 Å². The Labute approximate surface area is 220 Å². The van der Waals surface area contributed by atoms with Crippen molar-refractivity contribution in [3.05, 3.63) is 36.4 Å². The highest BCUT2D eigenvalue weighted by Crippen LogP contribution is 2.37. The molecule has 2 heterocycles. The number of nitrogens with zero attached hydrogens (tertiary/aromatic N) is 3. The van der Waals surface area contributed by atoms with E-state index < -0.39 is 17.3 Å². The molecular weight excluding hydrogens is 500 g/mol. The maximum absolute atomic E-state index is 13.6. The number of hydrogen-bond donors (Lipinski definition) is 3. The highest BCUT2D eigenvalue weighted by atomic mass is 32.2. The largest absolute Gasteiger partial charge is 0.593 e. The van der Waals surface area contributed by atoms with Gasteiger partial charge in [0, 0.05) is 37.3 Å². The number of benzene rings is 1. The fourth-order valence-corrected chi connectivity index (χ4v) is 6.90. The van der Waals surface area contributed by atoms with Gasteiger partial charge >= 0.3 is 0 Å². The number of rotatable bonds is 10. The molecule has 4 rings (SSSR count). The molecule has 1 saturated carbocycles. The van der Waals surface area contributed by atoms with Crippen molar-refractivity contribution in [2.75, 3.05) is 35.0 Å². The van der Waals surface area contributed by atoms with Crippen LogP contribution in [-0.2, 0) is 16.2 Å². The minimum atomic E-state index is -2.58. The van der Waals surface area contributed by atoms with Gasteiger partial charge in [-0.2, -0.15) is 9.40 Å². The number of amides is 1. The van der Waals surface area contributed by atoms with Crippen LogP contribution in [0.25, 0.3) is 0 Å². The van der Waals surface area contributed by atoms with Crippen LogP contribution in [-0.4, -0.2) is 68.0 Å². The topological polar surface area (TPSA) is 108 Å². The molecule has 8 nitrogen and oxygen atoms in total. The van der Waals surface area contributed by atoms with Crippen LogP contribution < -0.4 is 9.62 Å². The second-order valence-electron chi connectivity index (χ2n) is 10.4. The number of hydrogen-bond acceptors (Lipinski definition) is 6. The zero-order valence-electron chi connectivity index (χ0n) is 21.2. The molecule has 1 aromatic heterocycles. The minimum absolute atomic E-state index is 0.0503. The molecule has 0 radical (unpaired) electrons. The number of piperidine rings is 1. The van der Waals surface area contributed by atoms with Gasteiger partial charge in [0.2, 0.25) is 17.7 Å². The van der Waals surface area contributed by atoms with Gasteiger partial charge in [0.1, 0.15) is 5.75 Å². The van der Waals surface area contributed by atoms with Gasteiger partial charge < -0.3 is 15.0 Å². The number of carbonyl (C=O) groups excluding carboxylic acids is 1. The predicted molar refractivity (Wildman–Crippen MR) is 141 cm³/mol. The lowest BCUT2D eigenvalue weighted by Gasteiger charge is -2.39. The molecular formula is C26H37F2N5O3S. The summed E-state index contributed by atoms with van der Waals surface area (Å²) in [6, 6.07) is 11.2. The number of alkyl halides is 2. The highest BCUT2D eigenvalue weighted by molar-refractivity contribution is 7.92. The molecule has 1 unspecified atom stereocenters. The van der Waals surface area contributed by atoms with Gasteiger partial charge in [-0.1, -0.05) is 18.2 Å². The number of nitrogens with one attached hydrogen (secondary N) is 2. The predicted octanol–water partition coefficient (Wildman–Crippen LogP) is 4.54. The number of aromatic hydroxyl groups is 1. The Hall–Kier alpha value is -2.37. The first-order valence-corrected chi connectivity index (χ1v) is 14.3. The van der Waals surface area contributed by atoms with Crippen molar-refractivity contribution in [1.82, 2.24) is 15.1 Å². The van der Waals surface area contributed by atoms with Crippen LogP contribution in [0.5, 0.6) is 5.88 Å². The van der Waals surface area contributed by atoms with E-state index in [-0.39, 0.29) is 42.5 Å². The van der Waals surface area contributed by atoms with Crippen molar-refractivity contribution >= 4 is 28.8 Å². The normalized spacial score (nSPS) is 20.9. The van der Waals surface area contributed by atoms with Crippen molar-refractivity contribution in [3.8, 4) is 5.88 Å². The number of anilines is 2. The smallest absolute Gasteiger partial charge is 0.248 e. The second-order valence-corrected chi connectivity index (χ2v) is 11.8. The molecule has 1 aliphatic heterocycles. The third kappa shape index (κ3) is 8.05. The first-order chi connectivity index (χ1) is 17.7. The molecule has 3 N–H and O–H groups in total. The summed E-state index contributed by atoms with van der Waals surface area (Å²) >= 11 is -1.31. The van der Waals surface area contributed by atoms with Crippen molar-refractivity contribution < 1.29 is 23.2 Å². The first-order valence-electron chi connectivity index (χ1n) is 13.1. The number of likely N-dealkylation sites (tertiary alicyclic amines) is 1. The average molecular weight is 538 g/mol. The summed E-state index contributed by atoms with van der Waals surface area (Å²) in [7, 11) is 0. The Morgan fingerprint density at radius 2 is 1.92 bits per heavy atom. The van der Waals surface area contributed by atoms with Crippen molar-refractivity contribution in [2.24, 2.45) is 11.8 Å². The van der Waals surface area contributed by atoms with E-state index in [9.17, 15) is 23.2 Å². The molecule has 204 valence electrons. The molecule has 1 saturated heterocycles. The Morgan fingerprint density at radius 1 is 1.24 bits per heavy atom. The number of halogens is 2. The zero-order chi connectivity index (χ0) is 26.4. The number of aromatic nitrogens is 2. The Balaban J connectivity index is 1.28. The minimum Gasteiger partial charge on any atom is -0.593 e. The summed E-state index contributed by atoms with van der Waals surface area (Å²) in [6.07, 6.45) is 2.76. The SMILES string of the molecule is C[C@H](CN(c1ccccc1)[S+]([O-])CC1CCC(F)(F)CC1)N1CCC(CC(=O)Nc2cc(O)[nH]n2)CC1. The maximum Gasteiger partial charge on any atom is 0.248 e. The monoisotopic (exact) mass is 537 g/mol. The van der Waals surface area contributed by atoms with E-state index in [0.717, 1.165) is 31.6 Å². The third-order valence-electron chi connectivity index (χ3n) is 7.51. The van der Waals surface area contributed by atoms with Crippen LogP contribution in [0.15, 0.2) is 36.4 Å². The summed E-state index contributed by atoms with van der Waals surface area (Å²) in [5.41, 5.74) is 0.879. The van der Waals surface area contributed by atoms with E-state index in [1.807, 2.05) is 34.6 Å². The van der Waals surface area contributed by atoms with Gasteiger partial charge in [-0.05, 0) is 63.7 Å². The van der Waals surface area contributed by atoms with Gasteiger partial charge in [-0.15, -0.1) is 0 Å². The summed E-state index contributed by atoms with van der Waals surface area (Å²) in [5, 5.41) is 18.2. The lowest BCUT2D eigenvalue weighted by Crippen LogP contribution is -2.48. The molecule has 2 aliphatic rings. The summed E-state index contributed by atoms with van der Waals surface area (Å²) in [5.74, 6) is -1.77. The van der Waals surface area contributed by atoms with E-state index in [1.165, 1.54) is 6.07 Å². The lowest BCUT2D eigenvalue weighted by molar-refractivity contribution is -0.117. The number of para-hydroxylation sites is 1. The second kappa shape index (κ2) is 12.4. The van der Waals surface area contributed by atoms with Crippen LogP contribution in [0.4, 0.5) is 20.3 Å². The Kier molecular flexibility index (Phi) is 9.31. The third-order valence-corrected chi connectivity index (χ3v) is 9.12. The molecule has 1 aromatic carbocycles. The molecule has 1 amide bonds. The molecule has 0 bridgehead atoms. The van der Waals surface area contributed by atoms with Gasteiger partial charge in [-0.25, -0.2) is 13.9 Å². The Bertz CT molecular complexity index is 993. The average Bonchev–Trinajstić information content (AvgIpc) is 3.28. The van der Waals surface area contributed by atoms with E-state index in [0.29, 0.717) is 37.4 Å². The van der Waals surface area contributed by atoms with E-state index in [1.54, 1.807) is 0 Å². The van der Waals surface area contributed by atoms with Gasteiger partial charge in [0.05, 0.1) is 23.6 Å². The van der Waals surface area contributed by atoms with Crippen LogP contribution in [0.3, 0.4) is 0 Å². The van der Waals surface area contributed by atoms with Gasteiger partial charge in [0.25, 0.3) is 0 Å². The summed E-state index contributed by atoms with van der Waals surface area (Å²) < 4.78 is 42.6. The Morgan fingerprint density at radius 3 is 2.54 bits per heavy atom. The van der Waals surface area contributed by atoms with Crippen molar-refractivity contribution in [1.29, 1.82) is 0 Å². The highest BCUT2D eigenvalue weighted by Gasteiger charge is 2.38. The number of H-pyrrole nitrogens is 1. The zero-order valence-corrected chi connectivity index (χ0v) is 22.1. The van der Waals surface area contributed by atoms with Crippen LogP contribution >= 0.6 is 0 Å². The van der Waals surface area contributed by atoms with Crippen LogP contribution in [0, 0.1) is 11.8 Å². The molecule has 2 aromatic rings. The standard InChI is InChI=1S/C26H37F2N5O3S/c1-19(32-13-9-20(10-14-32)15-24(34)29-23-16-25(35)31-30-23)17-33(22-5-3-2-4-6-22)37(36)18-21-7-11-26(27,28)12-8-21/h2-6,16,19-21H,7-15,17-18H2,1H3,(H3,29,30,31,34,35)/t19-,37?/m1/s1. The molecule has 2 atom stereocenters. The van der Waals surface area contributed by atoms with Crippen LogP contribution in [0.2, 0.25) is 0 Å². The fourth-order valence-electron chi connectivity index (χ4n) is 5.24. The van der Waals surface area contributed by atoms with Gasteiger partial charge in [0.15, 0.2) is 5.82 Å². The van der Waals surface area contributed by atoms with E-state index in [4.69, 9.17) is 0 Å². The molecule has 1 aliphatic carbocycles. The fraction of sp³-hybridized carbons (Fsp3) is 0.615. The lowest BCUT2D eigenvalue weighted by atomic mass is 9.88. The quantitative estimate of drug-likeness (QED) is 0.384. The summed E-state index contributed by atoms with van der Waals surface area (Å²) in [4.78, 5) is 14.7. The van der Waals surface area contributed by atoms with E-state index >= 15 is 0 Å². The molecule has 0 spiro atoms. The molecule has 37 heavy (non-hydrogen) atoms. The number of aromatic amines is 1. The van der Waals surface area contributed by atoms with E-state index in [2.05, 4.69) is 27.3 Å². The molecule has 2 fully saturated rings. The van der Waals surface area contributed by atoms with Gasteiger partial charge in [-0.3, -0.25) is 9.69 Å². The first kappa shape index (κ1) is 27.7. The number of carbonyl (C=O) groups is 1. The molecule has 11 heteroatoms. The van der Waals surface area contributed by atoms with Crippen LogP contribution in [0.1, 0.15) is 51.9 Å². The van der Waals surface area contributed by atoms with Crippen molar-refractivity contribution in [3.63, 3.8) is 0 Å².